The highest BCUT2D eigenvalue weighted by atomic mass is 16.4. The van der Waals surface area contributed by atoms with Crippen LogP contribution in [0.1, 0.15) is 18.4 Å². The van der Waals surface area contributed by atoms with Crippen LogP contribution in [0.4, 0.5) is 5.69 Å². The number of nitrogens with one attached hydrogen (secondary N) is 1. The maximum atomic E-state index is 12.0. The van der Waals surface area contributed by atoms with Crippen LogP contribution < -0.4 is 10.4 Å². The number of fused-ring (bicyclic) bond motifs is 1. The predicted octanol–water partition coefficient (Wildman–Crippen LogP) is 2.69. The van der Waals surface area contributed by atoms with Gasteiger partial charge in [-0.05, 0) is 17.7 Å². The van der Waals surface area contributed by atoms with Crippen LogP contribution in [0.25, 0.3) is 11.1 Å². The molecule has 1 amide bonds. The van der Waals surface area contributed by atoms with Crippen molar-refractivity contribution in [3.8, 4) is 0 Å². The molecule has 0 radical (unpaired) electrons. The van der Waals surface area contributed by atoms with E-state index in [1.807, 2.05) is 30.3 Å². The summed E-state index contributed by atoms with van der Waals surface area (Å²) in [7, 11) is 0. The zero-order valence-electron chi connectivity index (χ0n) is 14.5. The summed E-state index contributed by atoms with van der Waals surface area (Å²) in [5, 5.41) is 11.2. The number of nitrogens with zero attached hydrogens (tertiary/aromatic N) is 2. The smallest absolute Gasteiger partial charge is 0.328 e. The van der Waals surface area contributed by atoms with E-state index in [-0.39, 0.29) is 12.3 Å². The Kier molecular flexibility index (Phi) is 4.88. The molecule has 0 aliphatic heterocycles. The van der Waals surface area contributed by atoms with Crippen LogP contribution in [0.5, 0.6) is 0 Å². The zero-order chi connectivity index (χ0) is 18.7. The van der Waals surface area contributed by atoms with Gasteiger partial charge in [0.2, 0.25) is 5.91 Å². The number of aromatic nitrogens is 1. The van der Waals surface area contributed by atoms with Crippen molar-refractivity contribution in [2.75, 3.05) is 5.01 Å². The van der Waals surface area contributed by atoms with Gasteiger partial charge in [-0.25, -0.2) is 9.78 Å². The van der Waals surface area contributed by atoms with E-state index >= 15 is 0 Å². The van der Waals surface area contributed by atoms with Gasteiger partial charge in [0.25, 0.3) is 0 Å². The first-order valence-corrected chi connectivity index (χ1v) is 8.15. The van der Waals surface area contributed by atoms with Crippen LogP contribution in [0.2, 0.25) is 0 Å². The van der Waals surface area contributed by atoms with E-state index in [2.05, 4.69) is 10.4 Å². The Hall–Kier alpha value is -3.35. The monoisotopic (exact) mass is 353 g/mol. The number of aliphatic carboxylic acids is 1. The molecule has 0 unspecified atom stereocenters. The lowest BCUT2D eigenvalue weighted by atomic mass is 10.0. The molecule has 1 heterocycles. The Bertz CT molecular complexity index is 936. The van der Waals surface area contributed by atoms with E-state index in [0.29, 0.717) is 22.7 Å². The molecule has 1 aromatic heterocycles. The second-order valence-corrected chi connectivity index (χ2v) is 5.94. The maximum absolute atomic E-state index is 12.0. The number of anilines is 1. The third-order valence-electron chi connectivity index (χ3n) is 3.91. The number of amides is 1. The highest BCUT2D eigenvalue weighted by molar-refractivity contribution is 5.91. The predicted molar refractivity (Wildman–Crippen MR) is 96.6 cm³/mol. The summed E-state index contributed by atoms with van der Waals surface area (Å²) >= 11 is 0. The number of hydrogen-bond donors (Lipinski definition) is 2. The third kappa shape index (κ3) is 3.66. The number of hydrazine groups is 1. The largest absolute Gasteiger partial charge is 0.480 e. The first kappa shape index (κ1) is 17.5. The average Bonchev–Trinajstić information content (AvgIpc) is 2.98. The van der Waals surface area contributed by atoms with E-state index in [4.69, 9.17) is 4.42 Å². The lowest BCUT2D eigenvalue weighted by molar-refractivity contribution is -0.138. The molecule has 0 aliphatic carbocycles. The first-order valence-electron chi connectivity index (χ1n) is 8.15. The minimum Gasteiger partial charge on any atom is -0.480 e. The van der Waals surface area contributed by atoms with Crippen LogP contribution in [0.15, 0.2) is 52.9 Å². The van der Waals surface area contributed by atoms with Crippen molar-refractivity contribution in [1.29, 1.82) is 0 Å². The topological polar surface area (TPSA) is 95.7 Å². The molecule has 0 bridgehead atoms. The number of rotatable bonds is 6. The van der Waals surface area contributed by atoms with Crippen molar-refractivity contribution in [2.24, 2.45) is 0 Å². The molecule has 0 aliphatic rings. The van der Waals surface area contributed by atoms with Crippen LogP contribution in [0.3, 0.4) is 0 Å². The van der Waals surface area contributed by atoms with Crippen molar-refractivity contribution < 1.29 is 19.1 Å². The Morgan fingerprint density at radius 1 is 1.19 bits per heavy atom. The quantitative estimate of drug-likeness (QED) is 0.662. The first-order chi connectivity index (χ1) is 12.5. The highest BCUT2D eigenvalue weighted by Gasteiger charge is 2.29. The summed E-state index contributed by atoms with van der Waals surface area (Å²) in [5.74, 6) is -0.966. The molecule has 3 aromatic rings. The van der Waals surface area contributed by atoms with Gasteiger partial charge in [-0.15, -0.1) is 0 Å². The fourth-order valence-electron chi connectivity index (χ4n) is 2.84. The van der Waals surface area contributed by atoms with Gasteiger partial charge in [-0.1, -0.05) is 36.4 Å². The van der Waals surface area contributed by atoms with Gasteiger partial charge in [0, 0.05) is 20.3 Å². The number of carbonyl (C=O) groups excluding carboxylic acids is 1. The van der Waals surface area contributed by atoms with Gasteiger partial charge in [0.1, 0.15) is 5.52 Å². The van der Waals surface area contributed by atoms with E-state index in [9.17, 15) is 14.7 Å². The number of para-hydroxylation sites is 1. The number of hydrogen-bond acceptors (Lipinski definition) is 5. The van der Waals surface area contributed by atoms with E-state index in [1.165, 1.54) is 11.9 Å². The molecule has 3 rings (SSSR count). The molecular formula is C19H19N3O4. The second-order valence-electron chi connectivity index (χ2n) is 5.94. The molecule has 2 N–H and O–H groups in total. The Morgan fingerprint density at radius 3 is 2.58 bits per heavy atom. The van der Waals surface area contributed by atoms with Crippen molar-refractivity contribution >= 4 is 28.7 Å². The summed E-state index contributed by atoms with van der Waals surface area (Å²) in [6, 6.07) is 13.4. The van der Waals surface area contributed by atoms with E-state index < -0.39 is 12.0 Å². The molecule has 134 valence electrons. The lowest BCUT2D eigenvalue weighted by Gasteiger charge is -2.30. The standard InChI is InChI=1S/C19H19N3O4/c1-12(23)21-22(15-9-6-10-17-18(15)20-13(2)26-17)16(19(24)25)11-14-7-4-3-5-8-14/h3-10,16H,11H2,1-2H3,(H,21,23)(H,24,25)/t16-/m0/s1. The Labute approximate surface area is 150 Å². The summed E-state index contributed by atoms with van der Waals surface area (Å²) in [6.07, 6.45) is 0.212. The summed E-state index contributed by atoms with van der Waals surface area (Å²) in [4.78, 5) is 28.1. The normalized spacial score (nSPS) is 11.9. The number of aryl methyl sites for hydroxylation is 1. The fraction of sp³-hybridized carbons (Fsp3) is 0.211. The molecular weight excluding hydrogens is 334 g/mol. The van der Waals surface area contributed by atoms with Gasteiger partial charge in [-0.3, -0.25) is 15.2 Å². The number of oxazole rings is 1. The molecule has 7 nitrogen and oxygen atoms in total. The van der Waals surface area contributed by atoms with Crippen molar-refractivity contribution in [2.45, 2.75) is 26.3 Å². The van der Waals surface area contributed by atoms with Gasteiger partial charge in [-0.2, -0.15) is 0 Å². The Morgan fingerprint density at radius 2 is 1.92 bits per heavy atom. The highest BCUT2D eigenvalue weighted by Crippen LogP contribution is 2.28. The molecule has 26 heavy (non-hydrogen) atoms. The third-order valence-corrected chi connectivity index (χ3v) is 3.91. The summed E-state index contributed by atoms with van der Waals surface area (Å²) < 4.78 is 5.52. The van der Waals surface area contributed by atoms with Crippen molar-refractivity contribution in [3.05, 3.63) is 60.0 Å². The molecule has 0 saturated carbocycles. The van der Waals surface area contributed by atoms with Crippen LogP contribution in [-0.4, -0.2) is 28.0 Å². The molecule has 7 heteroatoms. The molecule has 1 atom stereocenters. The summed E-state index contributed by atoms with van der Waals surface area (Å²) in [5.41, 5.74) is 4.97. The molecule has 0 spiro atoms. The van der Waals surface area contributed by atoms with Crippen LogP contribution >= 0.6 is 0 Å². The van der Waals surface area contributed by atoms with Crippen molar-refractivity contribution in [1.82, 2.24) is 10.4 Å². The van der Waals surface area contributed by atoms with Gasteiger partial charge < -0.3 is 9.52 Å². The van der Waals surface area contributed by atoms with Crippen LogP contribution in [-0.2, 0) is 16.0 Å². The summed E-state index contributed by atoms with van der Waals surface area (Å²) in [6.45, 7) is 3.05. The van der Waals surface area contributed by atoms with Gasteiger partial charge in [0.15, 0.2) is 17.5 Å². The SMILES string of the molecule is CC(=O)NN(c1cccc2oc(C)nc12)[C@@H](Cc1ccccc1)C(=O)O. The molecule has 0 fully saturated rings. The lowest BCUT2D eigenvalue weighted by Crippen LogP contribution is -2.52. The second kappa shape index (κ2) is 7.26. The number of benzene rings is 2. The average molecular weight is 353 g/mol. The minimum atomic E-state index is -1.06. The number of carboxylic acids is 1. The van der Waals surface area contributed by atoms with E-state index in [0.717, 1.165) is 5.56 Å². The molecule has 0 saturated heterocycles. The minimum absolute atomic E-state index is 0.212. The van der Waals surface area contributed by atoms with Crippen LogP contribution in [0, 0.1) is 6.92 Å². The molecule has 2 aromatic carbocycles. The van der Waals surface area contributed by atoms with Crippen molar-refractivity contribution in [3.63, 3.8) is 0 Å². The zero-order valence-corrected chi connectivity index (χ0v) is 14.5. The number of carboxylic acid groups (broad SMARTS) is 1. The van der Waals surface area contributed by atoms with Gasteiger partial charge >= 0.3 is 5.97 Å². The van der Waals surface area contributed by atoms with E-state index in [1.54, 1.807) is 25.1 Å². The maximum Gasteiger partial charge on any atom is 0.328 e. The Balaban J connectivity index is 2.07. The number of carbonyl (C=O) groups is 2. The fourth-order valence-corrected chi connectivity index (χ4v) is 2.84. The van der Waals surface area contributed by atoms with Gasteiger partial charge in [0.05, 0.1) is 5.69 Å².